The summed E-state index contributed by atoms with van der Waals surface area (Å²) in [5.41, 5.74) is 7.35. The average molecular weight is 368 g/mol. The highest BCUT2D eigenvalue weighted by atomic mass is 32.2. The summed E-state index contributed by atoms with van der Waals surface area (Å²) in [4.78, 5) is 24.5. The molecule has 0 spiro atoms. The highest BCUT2D eigenvalue weighted by Crippen LogP contribution is 2.27. The molecular formula is C16H24N4O4S. The van der Waals surface area contributed by atoms with Crippen LogP contribution in [0.1, 0.15) is 27.7 Å². The third-order valence-electron chi connectivity index (χ3n) is 3.24. The number of hydrogen-bond acceptors (Lipinski definition) is 8. The van der Waals surface area contributed by atoms with Crippen LogP contribution < -0.4 is 10.5 Å². The van der Waals surface area contributed by atoms with E-state index in [-0.39, 0.29) is 29.3 Å². The van der Waals surface area contributed by atoms with E-state index in [1.165, 1.54) is 19.6 Å². The third kappa shape index (κ3) is 5.35. The first kappa shape index (κ1) is 20.8. The monoisotopic (exact) mass is 368 g/mol. The van der Waals surface area contributed by atoms with Crippen molar-refractivity contribution in [2.75, 3.05) is 20.0 Å². The summed E-state index contributed by atoms with van der Waals surface area (Å²) < 4.78 is 21.7. The number of carbonyl (C=O) groups excluding carboxylic acids is 1. The molecule has 0 aromatic carbocycles. The average Bonchev–Trinajstić information content (AvgIpc) is 2.58. The van der Waals surface area contributed by atoms with Crippen LogP contribution in [0.4, 0.5) is 5.69 Å². The quantitative estimate of drug-likeness (QED) is 0.337. The Morgan fingerprint density at radius 3 is 2.56 bits per heavy atom. The minimum absolute atomic E-state index is 0.000433. The van der Waals surface area contributed by atoms with Gasteiger partial charge in [0, 0.05) is 17.5 Å². The van der Waals surface area contributed by atoms with Crippen LogP contribution in [0, 0.1) is 5.92 Å². The van der Waals surface area contributed by atoms with E-state index in [1.54, 1.807) is 13.8 Å². The first-order valence-electron chi connectivity index (χ1n) is 7.69. The van der Waals surface area contributed by atoms with Gasteiger partial charge in [-0.2, -0.15) is 4.98 Å². The summed E-state index contributed by atoms with van der Waals surface area (Å²) in [6.45, 7) is 7.48. The predicted octanol–water partition coefficient (Wildman–Crippen LogP) is 1.75. The number of esters is 1. The van der Waals surface area contributed by atoms with Crippen LogP contribution in [0.15, 0.2) is 27.6 Å². The van der Waals surface area contributed by atoms with Crippen molar-refractivity contribution in [1.82, 2.24) is 9.97 Å². The van der Waals surface area contributed by atoms with Gasteiger partial charge in [0.1, 0.15) is 11.4 Å². The molecule has 0 aliphatic heterocycles. The van der Waals surface area contributed by atoms with Crippen molar-refractivity contribution >= 4 is 28.2 Å². The van der Waals surface area contributed by atoms with E-state index in [1.807, 2.05) is 13.8 Å². The number of nitrogens with zero attached hydrogens (tertiary/aromatic N) is 3. The largest absolute Gasteiger partial charge is 0.479 e. The summed E-state index contributed by atoms with van der Waals surface area (Å²) in [5, 5.41) is 0.153. The van der Waals surface area contributed by atoms with Crippen molar-refractivity contribution in [3.63, 3.8) is 0 Å². The van der Waals surface area contributed by atoms with Crippen LogP contribution in [0.25, 0.3) is 0 Å². The Balaban J connectivity index is 3.43. The molecule has 8 nitrogen and oxygen atoms in total. The van der Waals surface area contributed by atoms with E-state index in [4.69, 9.17) is 15.2 Å². The molecule has 0 amide bonds. The summed E-state index contributed by atoms with van der Waals surface area (Å²) >= 11 is 0. The van der Waals surface area contributed by atoms with Gasteiger partial charge in [-0.3, -0.25) is 4.21 Å². The topological polar surface area (TPSA) is 117 Å². The van der Waals surface area contributed by atoms with Crippen molar-refractivity contribution in [1.29, 1.82) is 0 Å². The van der Waals surface area contributed by atoms with E-state index >= 15 is 0 Å². The summed E-state index contributed by atoms with van der Waals surface area (Å²) in [5.74, 6) is -0.424. The molecule has 0 bridgehead atoms. The number of nitrogens with two attached hydrogens (primary N) is 1. The minimum atomic E-state index is -1.34. The summed E-state index contributed by atoms with van der Waals surface area (Å²) in [7, 11) is 0.102. The van der Waals surface area contributed by atoms with Gasteiger partial charge in [-0.15, -0.1) is 0 Å². The molecule has 0 saturated heterocycles. The van der Waals surface area contributed by atoms with E-state index in [0.29, 0.717) is 17.0 Å². The van der Waals surface area contributed by atoms with Crippen LogP contribution in [0.2, 0.25) is 0 Å². The molecule has 138 valence electrons. The normalized spacial score (nSPS) is 14.1. The Morgan fingerprint density at radius 1 is 1.44 bits per heavy atom. The maximum absolute atomic E-state index is 11.9. The zero-order valence-electron chi connectivity index (χ0n) is 15.3. The van der Waals surface area contributed by atoms with Crippen molar-refractivity contribution in [2.45, 2.75) is 32.9 Å². The third-order valence-corrected chi connectivity index (χ3v) is 3.95. The van der Waals surface area contributed by atoms with Gasteiger partial charge in [0.15, 0.2) is 0 Å². The van der Waals surface area contributed by atoms with Gasteiger partial charge in [-0.05, 0) is 19.8 Å². The number of hydrogen-bond donors (Lipinski definition) is 1. The van der Waals surface area contributed by atoms with Crippen LogP contribution in [-0.4, -0.2) is 45.8 Å². The van der Waals surface area contributed by atoms with Crippen molar-refractivity contribution in [3.8, 4) is 5.88 Å². The van der Waals surface area contributed by atoms with Crippen LogP contribution >= 0.6 is 0 Å². The number of ether oxygens (including phenoxy) is 2. The van der Waals surface area contributed by atoms with E-state index in [9.17, 15) is 9.00 Å². The first-order chi connectivity index (χ1) is 11.7. The Bertz CT molecular complexity index is 729. The lowest BCUT2D eigenvalue weighted by atomic mass is 9.99. The van der Waals surface area contributed by atoms with Gasteiger partial charge in [-0.1, -0.05) is 13.8 Å². The molecule has 2 N–H and O–H groups in total. The molecule has 0 fully saturated rings. The SMILES string of the molecule is CCOC(=O)/C(N)=C(\C)C(=Nc1cnc(S(C)=O)nc1OC)C(C)C. The molecule has 1 rings (SSSR count). The van der Waals surface area contributed by atoms with Gasteiger partial charge in [0.25, 0.3) is 0 Å². The lowest BCUT2D eigenvalue weighted by Crippen LogP contribution is -2.21. The highest BCUT2D eigenvalue weighted by molar-refractivity contribution is 7.84. The highest BCUT2D eigenvalue weighted by Gasteiger charge is 2.18. The maximum Gasteiger partial charge on any atom is 0.354 e. The molecular weight excluding hydrogens is 344 g/mol. The molecule has 0 aliphatic rings. The number of allylic oxidation sites excluding steroid dienone is 1. The van der Waals surface area contributed by atoms with Gasteiger partial charge >= 0.3 is 5.97 Å². The summed E-state index contributed by atoms with van der Waals surface area (Å²) in [6, 6.07) is 0. The molecule has 0 aliphatic carbocycles. The van der Waals surface area contributed by atoms with Crippen molar-refractivity contribution in [2.24, 2.45) is 16.6 Å². The second-order valence-corrected chi connectivity index (χ2v) is 6.69. The number of aromatic nitrogens is 2. The second-order valence-electron chi connectivity index (χ2n) is 5.41. The first-order valence-corrected chi connectivity index (χ1v) is 9.25. The molecule has 1 unspecified atom stereocenters. The van der Waals surface area contributed by atoms with Crippen LogP contribution in [0.5, 0.6) is 5.88 Å². The van der Waals surface area contributed by atoms with E-state index < -0.39 is 16.8 Å². The fourth-order valence-electron chi connectivity index (χ4n) is 1.99. The number of carbonyl (C=O) groups is 1. The smallest absolute Gasteiger partial charge is 0.354 e. The molecule has 9 heteroatoms. The Morgan fingerprint density at radius 2 is 2.08 bits per heavy atom. The molecule has 0 radical (unpaired) electrons. The van der Waals surface area contributed by atoms with Crippen molar-refractivity contribution < 1.29 is 18.5 Å². The van der Waals surface area contributed by atoms with Gasteiger partial charge < -0.3 is 15.2 Å². The lowest BCUT2D eigenvalue weighted by Gasteiger charge is -2.14. The second kappa shape index (κ2) is 9.26. The zero-order chi connectivity index (χ0) is 19.1. The molecule has 1 heterocycles. The minimum Gasteiger partial charge on any atom is -0.479 e. The zero-order valence-corrected chi connectivity index (χ0v) is 16.1. The van der Waals surface area contributed by atoms with Gasteiger partial charge in [0.05, 0.1) is 30.7 Å². The van der Waals surface area contributed by atoms with Crippen molar-refractivity contribution in [3.05, 3.63) is 17.5 Å². The van der Waals surface area contributed by atoms with E-state index in [2.05, 4.69) is 15.0 Å². The van der Waals surface area contributed by atoms with E-state index in [0.717, 1.165) is 0 Å². The fraction of sp³-hybridized carbons (Fsp3) is 0.500. The van der Waals surface area contributed by atoms with Crippen LogP contribution in [-0.2, 0) is 20.3 Å². The molecule has 1 atom stereocenters. The molecule has 25 heavy (non-hydrogen) atoms. The maximum atomic E-state index is 11.9. The van der Waals surface area contributed by atoms with Gasteiger partial charge in [-0.25, -0.2) is 14.8 Å². The lowest BCUT2D eigenvalue weighted by molar-refractivity contribution is -0.138. The predicted molar refractivity (Wildman–Crippen MR) is 96.4 cm³/mol. The Kier molecular flexibility index (Phi) is 7.69. The number of methoxy groups -OCH3 is 1. The number of aliphatic imine (C=N–C) groups is 1. The molecule has 0 saturated carbocycles. The summed E-state index contributed by atoms with van der Waals surface area (Å²) in [6.07, 6.45) is 2.91. The fourth-order valence-corrected chi connectivity index (χ4v) is 2.40. The molecule has 1 aromatic rings. The van der Waals surface area contributed by atoms with Crippen LogP contribution in [0.3, 0.4) is 0 Å². The Hall–Kier alpha value is -2.29. The number of rotatable bonds is 7. The molecule has 1 aromatic heterocycles. The Labute approximate surface area is 150 Å². The standard InChI is InChI=1S/C16H24N4O4S/c1-7-24-15(21)12(17)10(4)13(9(2)3)19-11-8-18-16(25(6)22)20-14(11)23-5/h8-9H,7,17H2,1-6H3/b12-10-,19-13?. The van der Waals surface area contributed by atoms with Gasteiger partial charge in [0.2, 0.25) is 11.0 Å².